The summed E-state index contributed by atoms with van der Waals surface area (Å²) in [5.74, 6) is 0. The van der Waals surface area contributed by atoms with Crippen LogP contribution >= 0.6 is 0 Å². The molecule has 0 fully saturated rings. The fourth-order valence-electron chi connectivity index (χ4n) is 2.60. The first kappa shape index (κ1) is 14.0. The molecule has 102 valence electrons. The Morgan fingerprint density at radius 2 is 1.89 bits per heavy atom. The summed E-state index contributed by atoms with van der Waals surface area (Å²) >= 11 is 0. The molecule has 2 rings (SSSR count). The Morgan fingerprint density at radius 1 is 1.21 bits per heavy atom. The zero-order chi connectivity index (χ0) is 14.0. The molecule has 0 saturated carbocycles. The molecule has 0 atom stereocenters. The summed E-state index contributed by atoms with van der Waals surface area (Å²) in [4.78, 5) is 2.18. The molecule has 0 heterocycles. The van der Waals surface area contributed by atoms with Crippen LogP contribution in [0.3, 0.4) is 0 Å². The summed E-state index contributed by atoms with van der Waals surface area (Å²) in [6.45, 7) is 4.63. The number of rotatable bonds is 4. The molecular formula is C17H23NO. The van der Waals surface area contributed by atoms with Crippen molar-refractivity contribution in [3.63, 3.8) is 0 Å². The Hall–Kier alpha value is -1.38. The molecule has 1 aliphatic carbocycles. The zero-order valence-electron chi connectivity index (χ0n) is 12.3. The Kier molecular flexibility index (Phi) is 3.93. The first-order valence-electron chi connectivity index (χ1n) is 6.75. The van der Waals surface area contributed by atoms with Crippen LogP contribution in [0.15, 0.2) is 42.0 Å². The normalized spacial score (nSPS) is 15.7. The van der Waals surface area contributed by atoms with Crippen molar-refractivity contribution in [1.82, 2.24) is 4.90 Å². The van der Waals surface area contributed by atoms with Gasteiger partial charge in [0.2, 0.25) is 0 Å². The van der Waals surface area contributed by atoms with Gasteiger partial charge in [0.05, 0.1) is 5.60 Å². The van der Waals surface area contributed by atoms with Crippen molar-refractivity contribution in [2.45, 2.75) is 25.9 Å². The largest absolute Gasteiger partial charge is 0.386 e. The lowest BCUT2D eigenvalue weighted by Gasteiger charge is -2.23. The number of allylic oxidation sites excluding steroid dienone is 2. The number of hydrogen-bond donors (Lipinski definition) is 1. The fraction of sp³-hybridized carbons (Fsp3) is 0.412. The van der Waals surface area contributed by atoms with E-state index >= 15 is 0 Å². The molecule has 0 radical (unpaired) electrons. The van der Waals surface area contributed by atoms with E-state index in [2.05, 4.69) is 37.2 Å². The second-order valence-electron chi connectivity index (χ2n) is 5.95. The van der Waals surface area contributed by atoms with Crippen LogP contribution in [0, 0.1) is 0 Å². The molecule has 1 aliphatic rings. The van der Waals surface area contributed by atoms with E-state index in [1.807, 2.05) is 32.0 Å². The van der Waals surface area contributed by atoms with Crippen molar-refractivity contribution < 1.29 is 5.11 Å². The molecule has 1 aromatic rings. The van der Waals surface area contributed by atoms with E-state index in [0.717, 1.165) is 18.5 Å². The highest BCUT2D eigenvalue weighted by atomic mass is 16.3. The van der Waals surface area contributed by atoms with E-state index in [0.29, 0.717) is 0 Å². The number of likely N-dealkylation sites (N-methyl/N-ethyl adjacent to an activating group) is 1. The molecule has 0 aromatic heterocycles. The molecule has 0 spiro atoms. The maximum atomic E-state index is 10.3. The molecule has 0 bridgehead atoms. The lowest BCUT2D eigenvalue weighted by atomic mass is 9.88. The average molecular weight is 257 g/mol. The minimum atomic E-state index is -0.810. The van der Waals surface area contributed by atoms with E-state index in [4.69, 9.17) is 0 Å². The molecule has 0 aliphatic heterocycles. The summed E-state index contributed by atoms with van der Waals surface area (Å²) in [6.07, 6.45) is 5.36. The van der Waals surface area contributed by atoms with E-state index in [1.165, 1.54) is 16.7 Å². The Labute approximate surface area is 116 Å². The Bertz CT molecular complexity index is 518. The monoisotopic (exact) mass is 257 g/mol. The lowest BCUT2D eigenvalue weighted by Crippen LogP contribution is -2.19. The summed E-state index contributed by atoms with van der Waals surface area (Å²) < 4.78 is 0. The molecule has 19 heavy (non-hydrogen) atoms. The van der Waals surface area contributed by atoms with Gasteiger partial charge in [-0.25, -0.2) is 0 Å². The van der Waals surface area contributed by atoms with Crippen LogP contribution in [-0.2, 0) is 5.60 Å². The van der Waals surface area contributed by atoms with Gasteiger partial charge in [0, 0.05) is 6.54 Å². The first-order chi connectivity index (χ1) is 8.89. The SMILES string of the molecule is CN(C)CC1=C(c2ccccc2C(C)(C)O)CC=C1. The van der Waals surface area contributed by atoms with Gasteiger partial charge in [0.25, 0.3) is 0 Å². The smallest absolute Gasteiger partial charge is 0.0846 e. The van der Waals surface area contributed by atoms with Gasteiger partial charge in [0.15, 0.2) is 0 Å². The Balaban J connectivity index is 2.48. The molecular weight excluding hydrogens is 234 g/mol. The second-order valence-corrected chi connectivity index (χ2v) is 5.95. The first-order valence-corrected chi connectivity index (χ1v) is 6.75. The van der Waals surface area contributed by atoms with Crippen molar-refractivity contribution in [1.29, 1.82) is 0 Å². The topological polar surface area (TPSA) is 23.5 Å². The van der Waals surface area contributed by atoms with Crippen molar-refractivity contribution >= 4 is 5.57 Å². The predicted molar refractivity (Wildman–Crippen MR) is 80.9 cm³/mol. The third-order valence-corrected chi connectivity index (χ3v) is 3.43. The minimum Gasteiger partial charge on any atom is -0.386 e. The van der Waals surface area contributed by atoms with Gasteiger partial charge in [-0.3, -0.25) is 0 Å². The standard InChI is InChI=1S/C17H23NO/c1-17(2,19)16-11-6-5-9-15(16)14-10-7-8-13(14)12-18(3)4/h5-9,11,19H,10,12H2,1-4H3. The van der Waals surface area contributed by atoms with Crippen molar-refractivity contribution in [3.05, 3.63) is 53.1 Å². The molecule has 0 unspecified atom stereocenters. The maximum absolute atomic E-state index is 10.3. The summed E-state index contributed by atoms with van der Waals surface area (Å²) in [7, 11) is 4.16. The summed E-state index contributed by atoms with van der Waals surface area (Å²) in [5, 5.41) is 10.3. The lowest BCUT2D eigenvalue weighted by molar-refractivity contribution is 0.0783. The van der Waals surface area contributed by atoms with Crippen LogP contribution in [-0.4, -0.2) is 30.6 Å². The summed E-state index contributed by atoms with van der Waals surface area (Å²) in [5.41, 5.74) is 4.06. The average Bonchev–Trinajstić information content (AvgIpc) is 2.75. The van der Waals surface area contributed by atoms with Gasteiger partial charge in [0.1, 0.15) is 0 Å². The molecule has 0 saturated heterocycles. The fourth-order valence-corrected chi connectivity index (χ4v) is 2.60. The highest BCUT2D eigenvalue weighted by molar-refractivity contribution is 5.77. The van der Waals surface area contributed by atoms with Crippen molar-refractivity contribution in [2.75, 3.05) is 20.6 Å². The third-order valence-electron chi connectivity index (χ3n) is 3.43. The number of benzene rings is 1. The van der Waals surface area contributed by atoms with Crippen molar-refractivity contribution in [2.24, 2.45) is 0 Å². The van der Waals surface area contributed by atoms with E-state index in [1.54, 1.807) is 0 Å². The van der Waals surface area contributed by atoms with Crippen LogP contribution in [0.5, 0.6) is 0 Å². The van der Waals surface area contributed by atoms with Crippen LogP contribution in [0.1, 0.15) is 31.4 Å². The van der Waals surface area contributed by atoms with E-state index in [-0.39, 0.29) is 0 Å². The van der Waals surface area contributed by atoms with Crippen LogP contribution in [0.25, 0.3) is 5.57 Å². The number of aliphatic hydroxyl groups is 1. The quantitative estimate of drug-likeness (QED) is 0.895. The second kappa shape index (κ2) is 5.32. The molecule has 2 nitrogen and oxygen atoms in total. The van der Waals surface area contributed by atoms with Crippen LogP contribution in [0.2, 0.25) is 0 Å². The minimum absolute atomic E-state index is 0.810. The predicted octanol–water partition coefficient (Wildman–Crippen LogP) is 3.19. The molecule has 1 N–H and O–H groups in total. The maximum Gasteiger partial charge on any atom is 0.0846 e. The summed E-state index contributed by atoms with van der Waals surface area (Å²) in [6, 6.07) is 8.17. The highest BCUT2D eigenvalue weighted by Gasteiger charge is 2.23. The van der Waals surface area contributed by atoms with Gasteiger partial charge < -0.3 is 10.0 Å². The van der Waals surface area contributed by atoms with Gasteiger partial charge in [-0.2, -0.15) is 0 Å². The van der Waals surface area contributed by atoms with Crippen LogP contribution in [0.4, 0.5) is 0 Å². The Morgan fingerprint density at radius 3 is 2.53 bits per heavy atom. The highest BCUT2D eigenvalue weighted by Crippen LogP contribution is 2.35. The van der Waals surface area contributed by atoms with Gasteiger partial charge in [-0.15, -0.1) is 0 Å². The molecule has 2 heteroatoms. The number of nitrogens with zero attached hydrogens (tertiary/aromatic N) is 1. The van der Waals surface area contributed by atoms with E-state index in [9.17, 15) is 5.11 Å². The molecule has 1 aromatic carbocycles. The van der Waals surface area contributed by atoms with Gasteiger partial charge in [-0.1, -0.05) is 36.4 Å². The van der Waals surface area contributed by atoms with Gasteiger partial charge in [-0.05, 0) is 56.6 Å². The molecule has 0 amide bonds. The third kappa shape index (κ3) is 3.14. The zero-order valence-corrected chi connectivity index (χ0v) is 12.3. The van der Waals surface area contributed by atoms with Crippen molar-refractivity contribution in [3.8, 4) is 0 Å². The van der Waals surface area contributed by atoms with Crippen LogP contribution < -0.4 is 0 Å². The number of hydrogen-bond acceptors (Lipinski definition) is 2. The van der Waals surface area contributed by atoms with E-state index < -0.39 is 5.60 Å². The van der Waals surface area contributed by atoms with Gasteiger partial charge >= 0.3 is 0 Å².